The molecule has 3 nitrogen and oxygen atoms in total. The van der Waals surface area contributed by atoms with Crippen LogP contribution in [0.2, 0.25) is 0 Å². The molecule has 1 aliphatic rings. The number of carbonyl (C=O) groups is 1. The number of nitrogens with one attached hydrogen (secondary N) is 1. The van der Waals surface area contributed by atoms with Gasteiger partial charge in [-0.1, -0.05) is 19.4 Å². The van der Waals surface area contributed by atoms with E-state index in [9.17, 15) is 4.79 Å². The van der Waals surface area contributed by atoms with Crippen molar-refractivity contribution < 1.29 is 4.79 Å². The summed E-state index contributed by atoms with van der Waals surface area (Å²) in [5.41, 5.74) is 9.61. The maximum atomic E-state index is 12.3. The van der Waals surface area contributed by atoms with Crippen LogP contribution >= 0.6 is 0 Å². The Labute approximate surface area is 109 Å². The Balaban J connectivity index is 2.19. The zero-order valence-corrected chi connectivity index (χ0v) is 11.4. The van der Waals surface area contributed by atoms with Crippen LogP contribution in [0.4, 0.5) is 11.4 Å². The highest BCUT2D eigenvalue weighted by Gasteiger charge is 2.30. The molecule has 1 aromatic carbocycles. The number of nitrogen functional groups attached to an aromatic ring is 1. The fourth-order valence-corrected chi connectivity index (χ4v) is 2.75. The first-order valence-corrected chi connectivity index (χ1v) is 6.67. The molecule has 0 saturated heterocycles. The standard InChI is InChI=1S/C15H22N2O/c1-9-7-8-13(16)14(11(9)3)17-15(18)12-6-4-5-10(12)2/h7-8,10,12H,4-6,16H2,1-3H3,(H,17,18). The second kappa shape index (κ2) is 5.01. The summed E-state index contributed by atoms with van der Waals surface area (Å²) in [5, 5.41) is 3.03. The first-order chi connectivity index (χ1) is 8.50. The molecule has 0 heterocycles. The largest absolute Gasteiger partial charge is 0.397 e. The SMILES string of the molecule is Cc1ccc(N)c(NC(=O)C2CCCC2C)c1C. The number of hydrogen-bond acceptors (Lipinski definition) is 2. The average Bonchev–Trinajstić information content (AvgIpc) is 2.76. The van der Waals surface area contributed by atoms with Crippen molar-refractivity contribution in [2.24, 2.45) is 11.8 Å². The number of hydrogen-bond donors (Lipinski definition) is 2. The minimum absolute atomic E-state index is 0.125. The summed E-state index contributed by atoms with van der Waals surface area (Å²) >= 11 is 0. The van der Waals surface area contributed by atoms with Gasteiger partial charge < -0.3 is 11.1 Å². The quantitative estimate of drug-likeness (QED) is 0.787. The van der Waals surface area contributed by atoms with Crippen molar-refractivity contribution in [2.75, 3.05) is 11.1 Å². The highest BCUT2D eigenvalue weighted by atomic mass is 16.1. The summed E-state index contributed by atoms with van der Waals surface area (Å²) in [7, 11) is 0. The van der Waals surface area contributed by atoms with Gasteiger partial charge in [0, 0.05) is 5.92 Å². The molecule has 2 unspecified atom stereocenters. The van der Waals surface area contributed by atoms with Gasteiger partial charge in [0.15, 0.2) is 0 Å². The third kappa shape index (κ3) is 2.35. The van der Waals surface area contributed by atoms with Crippen LogP contribution in [0, 0.1) is 25.7 Å². The summed E-state index contributed by atoms with van der Waals surface area (Å²) in [6.07, 6.45) is 3.31. The van der Waals surface area contributed by atoms with Gasteiger partial charge in [0.05, 0.1) is 11.4 Å². The summed E-state index contributed by atoms with van der Waals surface area (Å²) < 4.78 is 0. The van der Waals surface area contributed by atoms with E-state index >= 15 is 0 Å². The third-order valence-electron chi connectivity index (χ3n) is 4.21. The van der Waals surface area contributed by atoms with Gasteiger partial charge in [-0.05, 0) is 49.8 Å². The number of carbonyl (C=O) groups excluding carboxylic acids is 1. The first-order valence-electron chi connectivity index (χ1n) is 6.67. The molecule has 1 amide bonds. The predicted molar refractivity (Wildman–Crippen MR) is 75.5 cm³/mol. The van der Waals surface area contributed by atoms with Gasteiger partial charge in [-0.25, -0.2) is 0 Å². The van der Waals surface area contributed by atoms with Crippen molar-refractivity contribution in [3.63, 3.8) is 0 Å². The van der Waals surface area contributed by atoms with Crippen LogP contribution in [0.1, 0.15) is 37.3 Å². The van der Waals surface area contributed by atoms with Gasteiger partial charge >= 0.3 is 0 Å². The van der Waals surface area contributed by atoms with E-state index in [0.717, 1.165) is 36.1 Å². The van der Waals surface area contributed by atoms with Gasteiger partial charge in [-0.15, -0.1) is 0 Å². The van der Waals surface area contributed by atoms with Gasteiger partial charge in [0.2, 0.25) is 5.91 Å². The first kappa shape index (κ1) is 12.9. The molecule has 18 heavy (non-hydrogen) atoms. The summed E-state index contributed by atoms with van der Waals surface area (Å²) in [6.45, 7) is 6.19. The molecule has 2 rings (SSSR count). The molecule has 0 spiro atoms. The molecule has 1 saturated carbocycles. The van der Waals surface area contributed by atoms with E-state index < -0.39 is 0 Å². The Morgan fingerprint density at radius 2 is 2.06 bits per heavy atom. The van der Waals surface area contributed by atoms with E-state index in [1.165, 1.54) is 0 Å². The van der Waals surface area contributed by atoms with Crippen LogP contribution in [-0.4, -0.2) is 5.91 Å². The number of aryl methyl sites for hydroxylation is 1. The van der Waals surface area contributed by atoms with Gasteiger partial charge in [0.1, 0.15) is 0 Å². The summed E-state index contributed by atoms with van der Waals surface area (Å²) in [4.78, 5) is 12.3. The number of rotatable bonds is 2. The van der Waals surface area contributed by atoms with E-state index in [4.69, 9.17) is 5.73 Å². The second-order valence-corrected chi connectivity index (χ2v) is 5.48. The van der Waals surface area contributed by atoms with Crippen molar-refractivity contribution >= 4 is 17.3 Å². The molecule has 98 valence electrons. The van der Waals surface area contributed by atoms with Crippen LogP contribution in [-0.2, 0) is 4.79 Å². The smallest absolute Gasteiger partial charge is 0.227 e. The van der Waals surface area contributed by atoms with Crippen LogP contribution in [0.25, 0.3) is 0 Å². The lowest BCUT2D eigenvalue weighted by Crippen LogP contribution is -2.25. The molecular weight excluding hydrogens is 224 g/mol. The van der Waals surface area contributed by atoms with Gasteiger partial charge in [-0.3, -0.25) is 4.79 Å². The van der Waals surface area contributed by atoms with Crippen molar-refractivity contribution in [1.82, 2.24) is 0 Å². The van der Waals surface area contributed by atoms with Gasteiger partial charge in [0.25, 0.3) is 0 Å². The van der Waals surface area contributed by atoms with Crippen molar-refractivity contribution in [1.29, 1.82) is 0 Å². The normalized spacial score (nSPS) is 23.1. The lowest BCUT2D eigenvalue weighted by atomic mass is 9.96. The fraction of sp³-hybridized carbons (Fsp3) is 0.533. The maximum absolute atomic E-state index is 12.3. The van der Waals surface area contributed by atoms with Crippen LogP contribution in [0.3, 0.4) is 0 Å². The molecule has 3 heteroatoms. The molecule has 0 aliphatic heterocycles. The monoisotopic (exact) mass is 246 g/mol. The zero-order chi connectivity index (χ0) is 13.3. The number of nitrogens with two attached hydrogens (primary N) is 1. The Morgan fingerprint density at radius 1 is 1.33 bits per heavy atom. The topological polar surface area (TPSA) is 55.1 Å². The van der Waals surface area contributed by atoms with Crippen molar-refractivity contribution in [2.45, 2.75) is 40.0 Å². The molecule has 0 aromatic heterocycles. The predicted octanol–water partition coefficient (Wildman–Crippen LogP) is 3.26. The Bertz CT molecular complexity index is 468. The Kier molecular flexibility index (Phi) is 3.60. The van der Waals surface area contributed by atoms with Crippen LogP contribution < -0.4 is 11.1 Å². The summed E-state index contributed by atoms with van der Waals surface area (Å²) in [6, 6.07) is 3.84. The molecular formula is C15H22N2O. The minimum atomic E-state index is 0.125. The van der Waals surface area contributed by atoms with Crippen molar-refractivity contribution in [3.05, 3.63) is 23.3 Å². The molecule has 0 radical (unpaired) electrons. The Morgan fingerprint density at radius 3 is 2.67 bits per heavy atom. The highest BCUT2D eigenvalue weighted by molar-refractivity contribution is 5.96. The molecule has 1 aliphatic carbocycles. The van der Waals surface area contributed by atoms with E-state index in [1.807, 2.05) is 26.0 Å². The molecule has 0 bridgehead atoms. The number of amides is 1. The number of anilines is 2. The number of benzene rings is 1. The molecule has 3 N–H and O–H groups in total. The highest BCUT2D eigenvalue weighted by Crippen LogP contribution is 2.33. The van der Waals surface area contributed by atoms with E-state index in [0.29, 0.717) is 11.6 Å². The molecule has 1 aromatic rings. The van der Waals surface area contributed by atoms with E-state index in [1.54, 1.807) is 0 Å². The third-order valence-corrected chi connectivity index (χ3v) is 4.21. The van der Waals surface area contributed by atoms with Crippen molar-refractivity contribution in [3.8, 4) is 0 Å². The van der Waals surface area contributed by atoms with E-state index in [-0.39, 0.29) is 11.8 Å². The summed E-state index contributed by atoms with van der Waals surface area (Å²) in [5.74, 6) is 0.751. The lowest BCUT2D eigenvalue weighted by Gasteiger charge is -2.18. The lowest BCUT2D eigenvalue weighted by molar-refractivity contribution is -0.120. The van der Waals surface area contributed by atoms with E-state index in [2.05, 4.69) is 12.2 Å². The zero-order valence-electron chi connectivity index (χ0n) is 11.4. The fourth-order valence-electron chi connectivity index (χ4n) is 2.75. The molecule has 1 fully saturated rings. The van der Waals surface area contributed by atoms with Crippen LogP contribution in [0.15, 0.2) is 12.1 Å². The average molecular weight is 246 g/mol. The minimum Gasteiger partial charge on any atom is -0.397 e. The Hall–Kier alpha value is -1.51. The van der Waals surface area contributed by atoms with Crippen LogP contribution in [0.5, 0.6) is 0 Å². The molecule has 2 atom stereocenters. The second-order valence-electron chi connectivity index (χ2n) is 5.48. The maximum Gasteiger partial charge on any atom is 0.227 e. The van der Waals surface area contributed by atoms with Gasteiger partial charge in [-0.2, -0.15) is 0 Å².